The summed E-state index contributed by atoms with van der Waals surface area (Å²) in [5.41, 5.74) is 8.26. The van der Waals surface area contributed by atoms with Crippen molar-refractivity contribution in [1.29, 1.82) is 5.26 Å². The molecule has 4 aliphatic rings. The Kier molecular flexibility index (Phi) is 4.75. The molecule has 2 N–H and O–H groups in total. The minimum absolute atomic E-state index is 0.0153. The predicted octanol–water partition coefficient (Wildman–Crippen LogP) is 0.940. The van der Waals surface area contributed by atoms with Gasteiger partial charge in [-0.2, -0.15) is 5.26 Å². The highest BCUT2D eigenvalue weighted by Gasteiger charge is 2.53. The molecule has 5 atom stereocenters. The summed E-state index contributed by atoms with van der Waals surface area (Å²) in [5, 5.41) is 9.22. The Hall–Kier alpha value is -2.50. The number of halogens is 1. The van der Waals surface area contributed by atoms with Crippen LogP contribution in [-0.4, -0.2) is 70.3 Å². The average molecular weight is 411 g/mol. The molecule has 2 amide bonds. The number of nitrogens with zero attached hydrogens (tertiary/aromatic N) is 4. The predicted molar refractivity (Wildman–Crippen MR) is 106 cm³/mol. The van der Waals surface area contributed by atoms with Crippen LogP contribution in [0.1, 0.15) is 42.9 Å². The monoisotopic (exact) mass is 411 g/mol. The van der Waals surface area contributed by atoms with Gasteiger partial charge in [-0.25, -0.2) is 4.39 Å². The quantitative estimate of drug-likeness (QED) is 0.796. The van der Waals surface area contributed by atoms with Gasteiger partial charge in [-0.3, -0.25) is 14.5 Å². The standard InChI is InChI=1S/C22H26FN5O2/c23-14-4-5-17-13(8-14)3-6-19(17)28-16-9-20(22(28)30)26(11-16)12-18(25)21(29)27-7-1-2-15(27)10-24/h4-5,8,15-16,18-20H,1-3,6-7,9,11-12,25H2/t15-,16-,18-,19+,20-/m0/s1. The summed E-state index contributed by atoms with van der Waals surface area (Å²) in [7, 11) is 0. The smallest absolute Gasteiger partial charge is 0.241 e. The van der Waals surface area contributed by atoms with E-state index in [1.54, 1.807) is 11.0 Å². The van der Waals surface area contributed by atoms with Gasteiger partial charge in [-0.1, -0.05) is 6.07 Å². The lowest BCUT2D eigenvalue weighted by Crippen LogP contribution is -2.56. The highest BCUT2D eigenvalue weighted by Crippen LogP contribution is 2.43. The Morgan fingerprint density at radius 2 is 2.17 bits per heavy atom. The normalized spacial score (nSPS) is 31.3. The highest BCUT2D eigenvalue weighted by molar-refractivity contribution is 5.87. The number of rotatable bonds is 4. The number of hydrogen-bond donors (Lipinski definition) is 1. The number of carbonyl (C=O) groups is 2. The lowest BCUT2D eigenvalue weighted by molar-refractivity contribution is -0.141. The summed E-state index contributed by atoms with van der Waals surface area (Å²) in [6, 6.07) is 5.80. The van der Waals surface area contributed by atoms with Crippen LogP contribution in [0.5, 0.6) is 0 Å². The van der Waals surface area contributed by atoms with Crippen LogP contribution < -0.4 is 5.73 Å². The fraction of sp³-hybridized carbons (Fsp3) is 0.591. The van der Waals surface area contributed by atoms with Gasteiger partial charge in [0.05, 0.1) is 24.2 Å². The third-order valence-electron chi connectivity index (χ3n) is 7.23. The zero-order valence-corrected chi connectivity index (χ0v) is 16.8. The Bertz CT molecular complexity index is 931. The molecule has 3 fully saturated rings. The van der Waals surface area contributed by atoms with Gasteiger partial charge in [-0.15, -0.1) is 0 Å². The van der Waals surface area contributed by atoms with Crippen molar-refractivity contribution in [2.24, 2.45) is 5.73 Å². The van der Waals surface area contributed by atoms with Crippen LogP contribution >= 0.6 is 0 Å². The molecular formula is C22H26FN5O2. The van der Waals surface area contributed by atoms with E-state index in [9.17, 15) is 19.2 Å². The zero-order chi connectivity index (χ0) is 21.0. The van der Waals surface area contributed by atoms with Crippen LogP contribution in [0.2, 0.25) is 0 Å². The second-order valence-corrected chi connectivity index (χ2v) is 8.93. The van der Waals surface area contributed by atoms with Crippen LogP contribution in [0.4, 0.5) is 4.39 Å². The number of nitrogens with two attached hydrogens (primary N) is 1. The Morgan fingerprint density at radius 3 is 2.93 bits per heavy atom. The first-order valence-electron chi connectivity index (χ1n) is 10.8. The van der Waals surface area contributed by atoms with Gasteiger partial charge in [0.2, 0.25) is 11.8 Å². The van der Waals surface area contributed by atoms with Crippen LogP contribution in [-0.2, 0) is 16.0 Å². The topological polar surface area (TPSA) is 93.7 Å². The van der Waals surface area contributed by atoms with Gasteiger partial charge in [0.25, 0.3) is 0 Å². The van der Waals surface area contributed by atoms with Crippen molar-refractivity contribution >= 4 is 11.8 Å². The average Bonchev–Trinajstić information content (AvgIpc) is 3.49. The Labute approximate surface area is 175 Å². The second-order valence-electron chi connectivity index (χ2n) is 8.93. The number of aryl methyl sites for hydroxylation is 1. The number of nitriles is 1. The van der Waals surface area contributed by atoms with Crippen molar-refractivity contribution in [1.82, 2.24) is 14.7 Å². The molecule has 0 unspecified atom stereocenters. The second kappa shape index (κ2) is 7.33. The van der Waals surface area contributed by atoms with Gasteiger partial charge in [0.1, 0.15) is 11.9 Å². The van der Waals surface area contributed by atoms with Crippen LogP contribution in [0.3, 0.4) is 0 Å². The first kappa shape index (κ1) is 19.5. The molecule has 7 nitrogen and oxygen atoms in total. The van der Waals surface area contributed by atoms with E-state index in [1.165, 1.54) is 6.07 Å². The molecule has 5 rings (SSSR count). The Balaban J connectivity index is 1.25. The molecule has 3 heterocycles. The third kappa shape index (κ3) is 2.99. The fourth-order valence-electron chi connectivity index (χ4n) is 5.86. The number of likely N-dealkylation sites (tertiary alicyclic amines) is 3. The van der Waals surface area contributed by atoms with Gasteiger partial charge >= 0.3 is 0 Å². The largest absolute Gasteiger partial charge is 0.330 e. The molecule has 30 heavy (non-hydrogen) atoms. The maximum absolute atomic E-state index is 13.5. The van der Waals surface area contributed by atoms with Crippen LogP contribution in [0.15, 0.2) is 18.2 Å². The van der Waals surface area contributed by atoms with Crippen molar-refractivity contribution < 1.29 is 14.0 Å². The molecule has 1 aromatic rings. The molecular weight excluding hydrogens is 385 g/mol. The minimum Gasteiger partial charge on any atom is -0.330 e. The first-order valence-corrected chi connectivity index (χ1v) is 10.8. The molecule has 0 saturated carbocycles. The number of fused-ring (bicyclic) bond motifs is 3. The van der Waals surface area contributed by atoms with Crippen molar-refractivity contribution in [3.63, 3.8) is 0 Å². The van der Waals surface area contributed by atoms with E-state index in [1.807, 2.05) is 15.9 Å². The van der Waals surface area contributed by atoms with E-state index < -0.39 is 6.04 Å². The summed E-state index contributed by atoms with van der Waals surface area (Å²) >= 11 is 0. The van der Waals surface area contributed by atoms with E-state index >= 15 is 0 Å². The van der Waals surface area contributed by atoms with Gasteiger partial charge < -0.3 is 15.5 Å². The van der Waals surface area contributed by atoms with Crippen LogP contribution in [0.25, 0.3) is 0 Å². The van der Waals surface area contributed by atoms with E-state index in [-0.39, 0.29) is 41.8 Å². The van der Waals surface area contributed by atoms with Crippen molar-refractivity contribution in [2.45, 2.75) is 62.3 Å². The highest BCUT2D eigenvalue weighted by atomic mass is 19.1. The molecule has 3 saturated heterocycles. The molecule has 158 valence electrons. The van der Waals surface area contributed by atoms with Crippen molar-refractivity contribution in [3.8, 4) is 6.07 Å². The van der Waals surface area contributed by atoms with Gasteiger partial charge in [0, 0.05) is 25.7 Å². The zero-order valence-electron chi connectivity index (χ0n) is 16.8. The first-order chi connectivity index (χ1) is 14.5. The number of amides is 2. The van der Waals surface area contributed by atoms with Crippen molar-refractivity contribution in [3.05, 3.63) is 35.1 Å². The number of benzene rings is 1. The van der Waals surface area contributed by atoms with Crippen molar-refractivity contribution in [2.75, 3.05) is 19.6 Å². The van der Waals surface area contributed by atoms with Gasteiger partial charge in [-0.05, 0) is 55.4 Å². The van der Waals surface area contributed by atoms with E-state index in [2.05, 4.69) is 6.07 Å². The molecule has 3 aliphatic heterocycles. The molecule has 0 spiro atoms. The van der Waals surface area contributed by atoms with E-state index in [0.29, 0.717) is 26.1 Å². The molecule has 1 aliphatic carbocycles. The number of hydrogen-bond acceptors (Lipinski definition) is 5. The molecule has 1 aromatic carbocycles. The maximum Gasteiger partial charge on any atom is 0.241 e. The summed E-state index contributed by atoms with van der Waals surface area (Å²) in [6.45, 7) is 1.61. The molecule has 0 radical (unpaired) electrons. The lowest BCUT2D eigenvalue weighted by atomic mass is 10.1. The van der Waals surface area contributed by atoms with E-state index in [4.69, 9.17) is 5.73 Å². The fourth-order valence-corrected chi connectivity index (χ4v) is 5.86. The summed E-state index contributed by atoms with van der Waals surface area (Å²) < 4.78 is 13.5. The van der Waals surface area contributed by atoms with E-state index in [0.717, 1.165) is 36.8 Å². The molecule has 0 aromatic heterocycles. The maximum atomic E-state index is 13.5. The summed E-state index contributed by atoms with van der Waals surface area (Å²) in [6.07, 6.45) is 3.89. The Morgan fingerprint density at radius 1 is 1.33 bits per heavy atom. The minimum atomic E-state index is -0.727. The molecule has 2 bridgehead atoms. The SMILES string of the molecule is N#C[C@@H]1CCCN1C(=O)[C@@H](N)CN1C[C@@H]2C[C@H]1C(=O)N2[C@@H]1CCc2cc(F)ccc21. The number of carbonyl (C=O) groups excluding carboxylic acids is 2. The molecule has 8 heteroatoms. The third-order valence-corrected chi connectivity index (χ3v) is 7.23. The summed E-state index contributed by atoms with van der Waals surface area (Å²) in [4.78, 5) is 31.5. The lowest BCUT2D eigenvalue weighted by Gasteiger charge is -2.38. The van der Waals surface area contributed by atoms with Crippen LogP contribution in [0, 0.1) is 17.1 Å². The summed E-state index contributed by atoms with van der Waals surface area (Å²) in [5.74, 6) is -0.341. The number of piperazine rings is 1. The van der Waals surface area contributed by atoms with Gasteiger partial charge in [0.15, 0.2) is 0 Å².